The maximum atomic E-state index is 13.1. The van der Waals surface area contributed by atoms with E-state index in [9.17, 15) is 26.4 Å². The van der Waals surface area contributed by atoms with Crippen molar-refractivity contribution in [1.82, 2.24) is 0 Å². The Labute approximate surface area is 154 Å². The van der Waals surface area contributed by atoms with Crippen molar-refractivity contribution in [2.45, 2.75) is 76.4 Å². The molecule has 0 aromatic carbocycles. The van der Waals surface area contributed by atoms with E-state index in [1.807, 2.05) is 20.0 Å². The molecule has 2 atom stereocenters. The van der Waals surface area contributed by atoms with Crippen LogP contribution in [0.1, 0.15) is 46.0 Å². The summed E-state index contributed by atoms with van der Waals surface area (Å²) in [7, 11) is -5.52. The highest BCUT2D eigenvalue weighted by Crippen LogP contribution is 2.36. The van der Waals surface area contributed by atoms with Crippen LogP contribution in [-0.4, -0.2) is 51.9 Å². The van der Waals surface area contributed by atoms with Gasteiger partial charge in [0.1, 0.15) is 5.75 Å². The fourth-order valence-electron chi connectivity index (χ4n) is 2.57. The smallest absolute Gasteiger partial charge is 0.429 e. The predicted molar refractivity (Wildman–Crippen MR) is 94.0 cm³/mol. The average Bonchev–Trinajstić information content (AvgIpc) is 2.43. The Hall–Kier alpha value is -0.653. The number of unbranched alkanes of at least 4 members (excludes halogenated alkanes) is 1. The Balaban J connectivity index is 5.11. The first-order valence-corrected chi connectivity index (χ1v) is 13.0. The second kappa shape index (κ2) is 9.51. The van der Waals surface area contributed by atoms with Crippen LogP contribution in [0.15, 0.2) is 0 Å². The molecule has 0 radical (unpaired) electrons. The minimum absolute atomic E-state index is 0.0544. The summed E-state index contributed by atoms with van der Waals surface area (Å²) in [5.74, 6) is -2.90. The second-order valence-electron chi connectivity index (χ2n) is 7.11. The largest absolute Gasteiger partial charge is 0.448 e. The summed E-state index contributed by atoms with van der Waals surface area (Å²) in [6.45, 7) is 6.38. The van der Waals surface area contributed by atoms with Gasteiger partial charge < -0.3 is 9.16 Å². The van der Waals surface area contributed by atoms with Crippen LogP contribution in [0, 0.1) is 0 Å². The molecule has 0 saturated heterocycles. The lowest BCUT2D eigenvalue weighted by atomic mass is 10.1. The van der Waals surface area contributed by atoms with Gasteiger partial charge in [-0.1, -0.05) is 26.2 Å². The Morgan fingerprint density at radius 2 is 1.77 bits per heavy atom. The first kappa shape index (κ1) is 25.3. The van der Waals surface area contributed by atoms with E-state index in [4.69, 9.17) is 8.98 Å². The van der Waals surface area contributed by atoms with Crippen LogP contribution in [0.3, 0.4) is 0 Å². The third-order valence-electron chi connectivity index (χ3n) is 4.51. The molecule has 0 amide bonds. The number of halogens is 3. The van der Waals surface area contributed by atoms with Gasteiger partial charge in [-0.15, -0.1) is 0 Å². The van der Waals surface area contributed by atoms with Crippen molar-refractivity contribution < 1.29 is 40.1 Å². The standard InChI is InChI=1S/C15H29F3O6SSi/c1-6-7-8-12(26(4,5)23-3)9-10-13(19)24-14(2,15(16,17)18)11-25(20,21)22/h12H,6-11H2,1-5H3,(H,20,21,22). The number of alkyl halides is 3. The summed E-state index contributed by atoms with van der Waals surface area (Å²) in [5.41, 5.74) is -3.25. The number of carbonyl (C=O) groups excluding carboxylic acids is 1. The molecular formula is C15H29F3O6SSi. The van der Waals surface area contributed by atoms with Crippen molar-refractivity contribution in [3.05, 3.63) is 0 Å². The van der Waals surface area contributed by atoms with E-state index in [-0.39, 0.29) is 12.0 Å². The van der Waals surface area contributed by atoms with Gasteiger partial charge in [-0.2, -0.15) is 21.6 Å². The van der Waals surface area contributed by atoms with Crippen molar-refractivity contribution in [2.24, 2.45) is 0 Å². The van der Waals surface area contributed by atoms with Gasteiger partial charge in [0.05, 0.1) is 0 Å². The molecule has 0 aliphatic carbocycles. The van der Waals surface area contributed by atoms with Gasteiger partial charge in [0.15, 0.2) is 8.32 Å². The molecule has 156 valence electrons. The van der Waals surface area contributed by atoms with Gasteiger partial charge in [-0.25, -0.2) is 0 Å². The van der Waals surface area contributed by atoms with E-state index >= 15 is 0 Å². The summed E-state index contributed by atoms with van der Waals surface area (Å²) in [6.07, 6.45) is -2.49. The number of carbonyl (C=O) groups is 1. The minimum Gasteiger partial charge on any atom is -0.448 e. The van der Waals surface area contributed by atoms with E-state index in [0.29, 0.717) is 13.3 Å². The molecule has 0 saturated carbocycles. The van der Waals surface area contributed by atoms with E-state index in [1.54, 1.807) is 7.11 Å². The van der Waals surface area contributed by atoms with Crippen LogP contribution in [0.4, 0.5) is 13.2 Å². The Morgan fingerprint density at radius 1 is 1.23 bits per heavy atom. The van der Waals surface area contributed by atoms with Crippen LogP contribution in [0.25, 0.3) is 0 Å². The highest BCUT2D eigenvalue weighted by molar-refractivity contribution is 7.85. The zero-order valence-corrected chi connectivity index (χ0v) is 17.7. The lowest BCUT2D eigenvalue weighted by Crippen LogP contribution is -2.51. The quantitative estimate of drug-likeness (QED) is 0.308. The number of rotatable bonds is 11. The average molecular weight is 423 g/mol. The molecule has 6 nitrogen and oxygen atoms in total. The van der Waals surface area contributed by atoms with Crippen molar-refractivity contribution >= 4 is 24.4 Å². The zero-order chi connectivity index (χ0) is 20.8. The molecule has 0 aliphatic rings. The van der Waals surface area contributed by atoms with Crippen molar-refractivity contribution in [3.8, 4) is 0 Å². The van der Waals surface area contributed by atoms with Gasteiger partial charge >= 0.3 is 12.1 Å². The van der Waals surface area contributed by atoms with E-state index in [0.717, 1.165) is 19.3 Å². The Kier molecular flexibility index (Phi) is 9.28. The fourth-order valence-corrected chi connectivity index (χ4v) is 5.56. The zero-order valence-electron chi connectivity index (χ0n) is 15.9. The van der Waals surface area contributed by atoms with Gasteiger partial charge in [0.2, 0.25) is 5.60 Å². The molecule has 0 aliphatic heterocycles. The number of hydrogen-bond donors (Lipinski definition) is 1. The Bertz CT molecular complexity index is 564. The molecule has 0 aromatic heterocycles. The first-order valence-electron chi connectivity index (χ1n) is 8.37. The van der Waals surface area contributed by atoms with E-state index in [2.05, 4.69) is 4.74 Å². The monoisotopic (exact) mass is 422 g/mol. The van der Waals surface area contributed by atoms with Gasteiger partial charge in [0.25, 0.3) is 10.1 Å². The van der Waals surface area contributed by atoms with Crippen molar-refractivity contribution in [3.63, 3.8) is 0 Å². The SMILES string of the molecule is CCCCC(CCC(=O)OC(C)(CS(=O)(=O)O)C(F)(F)F)[Si](C)(C)OC. The van der Waals surface area contributed by atoms with Gasteiger partial charge in [0, 0.05) is 13.5 Å². The summed E-state index contributed by atoms with van der Waals surface area (Å²) >= 11 is 0. The van der Waals surface area contributed by atoms with Crippen LogP contribution < -0.4 is 0 Å². The van der Waals surface area contributed by atoms with Crippen molar-refractivity contribution in [2.75, 3.05) is 12.9 Å². The molecule has 0 rings (SSSR count). The Morgan fingerprint density at radius 3 is 2.15 bits per heavy atom. The van der Waals surface area contributed by atoms with E-state index in [1.165, 1.54) is 0 Å². The number of ether oxygens (including phenoxy) is 1. The highest BCUT2D eigenvalue weighted by atomic mass is 32.2. The maximum absolute atomic E-state index is 13.1. The molecule has 0 heterocycles. The van der Waals surface area contributed by atoms with Gasteiger partial charge in [-0.05, 0) is 32.0 Å². The summed E-state index contributed by atoms with van der Waals surface area (Å²) < 4.78 is 79.9. The molecule has 0 fully saturated rings. The summed E-state index contributed by atoms with van der Waals surface area (Å²) in [4.78, 5) is 12.0. The molecular weight excluding hydrogens is 393 g/mol. The normalized spacial score (nSPS) is 16.8. The number of esters is 1. The number of hydrogen-bond acceptors (Lipinski definition) is 5. The topological polar surface area (TPSA) is 89.9 Å². The van der Waals surface area contributed by atoms with E-state index < -0.39 is 41.9 Å². The second-order valence-corrected chi connectivity index (χ2v) is 13.0. The lowest BCUT2D eigenvalue weighted by Gasteiger charge is -2.32. The minimum atomic E-state index is -5.14. The molecule has 1 N–H and O–H groups in total. The summed E-state index contributed by atoms with van der Waals surface area (Å²) in [5, 5.41) is 0. The predicted octanol–water partition coefficient (Wildman–Crippen LogP) is 3.93. The van der Waals surface area contributed by atoms with Crippen LogP contribution >= 0.6 is 0 Å². The highest BCUT2D eigenvalue weighted by Gasteiger charge is 2.57. The van der Waals surface area contributed by atoms with Crippen LogP contribution in [0.5, 0.6) is 0 Å². The maximum Gasteiger partial charge on any atom is 0.429 e. The third kappa shape index (κ3) is 8.36. The van der Waals surface area contributed by atoms with Crippen LogP contribution in [0.2, 0.25) is 18.6 Å². The lowest BCUT2D eigenvalue weighted by molar-refractivity contribution is -0.256. The molecule has 11 heteroatoms. The van der Waals surface area contributed by atoms with Crippen LogP contribution in [-0.2, 0) is 24.1 Å². The molecule has 0 aromatic rings. The van der Waals surface area contributed by atoms with Gasteiger partial charge in [-0.3, -0.25) is 9.35 Å². The molecule has 26 heavy (non-hydrogen) atoms. The summed E-state index contributed by atoms with van der Waals surface area (Å²) in [6, 6.07) is 0. The first-order chi connectivity index (χ1) is 11.6. The fraction of sp³-hybridized carbons (Fsp3) is 0.933. The molecule has 0 bridgehead atoms. The van der Waals surface area contributed by atoms with Crippen molar-refractivity contribution in [1.29, 1.82) is 0 Å². The molecule has 2 unspecified atom stereocenters. The molecule has 0 spiro atoms. The third-order valence-corrected chi connectivity index (χ3v) is 9.02.